The van der Waals surface area contributed by atoms with Gasteiger partial charge in [0.15, 0.2) is 0 Å². The molecular formula is C21H18F3N3O4S. The number of para-hydroxylation sites is 1. The first-order chi connectivity index (χ1) is 14.9. The number of hydrogen-bond donors (Lipinski definition) is 1. The Morgan fingerprint density at radius 1 is 1.16 bits per heavy atom. The highest BCUT2D eigenvalue weighted by Crippen LogP contribution is 2.52. The molecule has 0 aliphatic heterocycles. The molecule has 1 N–H and O–H groups in total. The van der Waals surface area contributed by atoms with Gasteiger partial charge in [0.05, 0.1) is 39.5 Å². The van der Waals surface area contributed by atoms with Crippen LogP contribution in [0.25, 0.3) is 5.69 Å². The molecule has 0 amide bonds. The second-order valence-electron chi connectivity index (χ2n) is 7.72. The first kappa shape index (κ1) is 21.9. The van der Waals surface area contributed by atoms with Gasteiger partial charge in [0, 0.05) is 6.20 Å². The van der Waals surface area contributed by atoms with Gasteiger partial charge in [-0.2, -0.15) is 18.3 Å². The van der Waals surface area contributed by atoms with Crippen LogP contribution in [0.3, 0.4) is 0 Å². The minimum absolute atomic E-state index is 0.120. The van der Waals surface area contributed by atoms with Gasteiger partial charge in [0.2, 0.25) is 0 Å². The van der Waals surface area contributed by atoms with Crippen LogP contribution in [0.1, 0.15) is 18.9 Å². The summed E-state index contributed by atoms with van der Waals surface area (Å²) in [6.07, 6.45) is -2.90. The average molecular weight is 465 g/mol. The van der Waals surface area contributed by atoms with Crippen LogP contribution in [0, 0.1) is 5.92 Å². The molecule has 1 aliphatic rings. The van der Waals surface area contributed by atoms with Crippen molar-refractivity contribution < 1.29 is 31.5 Å². The Hall–Kier alpha value is -3.34. The third kappa shape index (κ3) is 3.72. The van der Waals surface area contributed by atoms with Gasteiger partial charge in [-0.05, 0) is 49.7 Å². The Bertz CT molecular complexity index is 1260. The van der Waals surface area contributed by atoms with Gasteiger partial charge in [0.25, 0.3) is 10.0 Å². The number of carboxylic acids is 1. The number of carboxylic acid groups (broad SMARTS) is 1. The van der Waals surface area contributed by atoms with Gasteiger partial charge in [-0.25, -0.2) is 13.1 Å². The normalized spacial score (nSPS) is 20.7. The Kier molecular flexibility index (Phi) is 5.04. The lowest BCUT2D eigenvalue weighted by Gasteiger charge is -2.31. The quantitative estimate of drug-likeness (QED) is 0.595. The SMILES string of the molecule is C[C@@]1(N(c2ccccc2)S(=O)(=O)c2ccc(-n3cc(C(F)(F)F)cn3)cc2)C[C@@H]1C(=O)O. The molecule has 1 saturated carbocycles. The van der Waals surface area contributed by atoms with Crippen molar-refractivity contribution in [2.75, 3.05) is 4.31 Å². The zero-order valence-electron chi connectivity index (χ0n) is 16.7. The minimum atomic E-state index is -4.54. The van der Waals surface area contributed by atoms with Gasteiger partial charge < -0.3 is 5.11 Å². The lowest BCUT2D eigenvalue weighted by Crippen LogP contribution is -2.42. The van der Waals surface area contributed by atoms with Crippen molar-refractivity contribution in [3.8, 4) is 5.69 Å². The van der Waals surface area contributed by atoms with E-state index in [1.807, 2.05) is 0 Å². The molecule has 0 spiro atoms. The molecule has 1 heterocycles. The van der Waals surface area contributed by atoms with E-state index >= 15 is 0 Å². The number of alkyl halides is 3. The summed E-state index contributed by atoms with van der Waals surface area (Å²) in [6.45, 7) is 1.58. The lowest BCUT2D eigenvalue weighted by atomic mass is 10.2. The van der Waals surface area contributed by atoms with Crippen molar-refractivity contribution in [3.05, 3.63) is 72.6 Å². The van der Waals surface area contributed by atoms with E-state index in [2.05, 4.69) is 5.10 Å². The van der Waals surface area contributed by atoms with Gasteiger partial charge in [-0.3, -0.25) is 9.10 Å². The van der Waals surface area contributed by atoms with Crippen LogP contribution in [0.5, 0.6) is 0 Å². The highest BCUT2D eigenvalue weighted by Gasteiger charge is 2.62. The van der Waals surface area contributed by atoms with Gasteiger partial charge in [-0.1, -0.05) is 18.2 Å². The first-order valence-electron chi connectivity index (χ1n) is 9.50. The number of benzene rings is 2. The predicted molar refractivity (Wildman–Crippen MR) is 109 cm³/mol. The van der Waals surface area contributed by atoms with Crippen LogP contribution in [-0.4, -0.2) is 34.8 Å². The van der Waals surface area contributed by atoms with E-state index in [0.717, 1.165) is 15.2 Å². The molecule has 7 nitrogen and oxygen atoms in total. The van der Waals surface area contributed by atoms with E-state index in [9.17, 15) is 31.5 Å². The average Bonchev–Trinajstić information content (AvgIpc) is 3.18. The first-order valence-corrected chi connectivity index (χ1v) is 10.9. The van der Waals surface area contributed by atoms with Crippen molar-refractivity contribution in [2.24, 2.45) is 5.92 Å². The fourth-order valence-electron chi connectivity index (χ4n) is 3.69. The third-order valence-corrected chi connectivity index (χ3v) is 7.49. The molecule has 0 radical (unpaired) electrons. The number of rotatable bonds is 6. The molecular weight excluding hydrogens is 447 g/mol. The molecule has 168 valence electrons. The Morgan fingerprint density at radius 3 is 2.28 bits per heavy atom. The topological polar surface area (TPSA) is 92.5 Å². The molecule has 1 fully saturated rings. The standard InChI is InChI=1S/C21H18F3N3O4S/c1-20(11-18(20)19(28)29)27(16-5-3-2-4-6-16)32(30,31)17-9-7-15(8-10-17)26-13-14(12-25-26)21(22,23)24/h2-10,12-13,18H,11H2,1H3,(H,28,29)/t18-,20-/m1/s1. The number of carbonyl (C=O) groups is 1. The van der Waals surface area contributed by atoms with E-state index in [4.69, 9.17) is 0 Å². The van der Waals surface area contributed by atoms with Crippen LogP contribution in [0.2, 0.25) is 0 Å². The van der Waals surface area contributed by atoms with Crippen LogP contribution in [0.15, 0.2) is 71.9 Å². The van der Waals surface area contributed by atoms with Crippen molar-refractivity contribution in [1.29, 1.82) is 0 Å². The summed E-state index contributed by atoms with van der Waals surface area (Å²) < 4.78 is 67.6. The lowest BCUT2D eigenvalue weighted by molar-refractivity contribution is -0.139. The monoisotopic (exact) mass is 465 g/mol. The maximum absolute atomic E-state index is 13.5. The minimum Gasteiger partial charge on any atom is -0.481 e. The highest BCUT2D eigenvalue weighted by atomic mass is 32.2. The molecule has 0 bridgehead atoms. The Labute approximate surface area is 181 Å². The van der Waals surface area contributed by atoms with Crippen LogP contribution in [0.4, 0.5) is 18.9 Å². The van der Waals surface area contributed by atoms with Crippen molar-refractivity contribution in [2.45, 2.75) is 30.0 Å². The number of sulfonamides is 1. The summed E-state index contributed by atoms with van der Waals surface area (Å²) in [7, 11) is -4.17. The molecule has 0 unspecified atom stereocenters. The number of aliphatic carboxylic acids is 1. The summed E-state index contributed by atoms with van der Waals surface area (Å²) in [4.78, 5) is 11.4. The predicted octanol–water partition coefficient (Wildman–Crippen LogP) is 3.95. The second-order valence-corrected chi connectivity index (χ2v) is 9.51. The summed E-state index contributed by atoms with van der Waals surface area (Å²) in [5.74, 6) is -1.94. The van der Waals surface area contributed by atoms with E-state index in [1.54, 1.807) is 37.3 Å². The van der Waals surface area contributed by atoms with Crippen molar-refractivity contribution in [1.82, 2.24) is 9.78 Å². The highest BCUT2D eigenvalue weighted by molar-refractivity contribution is 7.93. The zero-order chi connectivity index (χ0) is 23.3. The molecule has 11 heteroatoms. The van der Waals surface area contributed by atoms with Crippen LogP contribution >= 0.6 is 0 Å². The number of anilines is 1. The molecule has 32 heavy (non-hydrogen) atoms. The number of halogens is 3. The molecule has 0 saturated heterocycles. The fraction of sp³-hybridized carbons (Fsp3) is 0.238. The molecule has 3 aromatic rings. The molecule has 1 aliphatic carbocycles. The van der Waals surface area contributed by atoms with E-state index in [-0.39, 0.29) is 17.0 Å². The second kappa shape index (κ2) is 7.37. The van der Waals surface area contributed by atoms with Crippen LogP contribution in [-0.2, 0) is 21.0 Å². The van der Waals surface area contributed by atoms with Crippen molar-refractivity contribution in [3.63, 3.8) is 0 Å². The summed E-state index contributed by atoms with van der Waals surface area (Å²) >= 11 is 0. The molecule has 2 aromatic carbocycles. The number of aromatic nitrogens is 2. The van der Waals surface area contributed by atoms with Gasteiger partial charge in [0.1, 0.15) is 0 Å². The fourth-order valence-corrected chi connectivity index (χ4v) is 5.53. The molecule has 1 aromatic heterocycles. The molecule has 2 atom stereocenters. The van der Waals surface area contributed by atoms with E-state index in [0.29, 0.717) is 11.9 Å². The zero-order valence-corrected chi connectivity index (χ0v) is 17.5. The van der Waals surface area contributed by atoms with E-state index in [1.165, 1.54) is 24.3 Å². The maximum atomic E-state index is 13.5. The summed E-state index contributed by atoms with van der Waals surface area (Å²) in [6, 6.07) is 13.4. The smallest absolute Gasteiger partial charge is 0.419 e. The summed E-state index contributed by atoms with van der Waals surface area (Å²) in [5, 5.41) is 13.1. The Balaban J connectivity index is 1.71. The van der Waals surface area contributed by atoms with Crippen LogP contribution < -0.4 is 4.31 Å². The summed E-state index contributed by atoms with van der Waals surface area (Å²) in [5.41, 5.74) is -1.50. The number of hydrogen-bond acceptors (Lipinski definition) is 4. The number of nitrogens with zero attached hydrogens (tertiary/aromatic N) is 3. The Morgan fingerprint density at radius 2 is 1.78 bits per heavy atom. The largest absolute Gasteiger partial charge is 0.481 e. The van der Waals surface area contributed by atoms with E-state index < -0.39 is 39.2 Å². The van der Waals surface area contributed by atoms with Gasteiger partial charge in [-0.15, -0.1) is 0 Å². The molecule has 4 rings (SSSR count). The van der Waals surface area contributed by atoms with Gasteiger partial charge >= 0.3 is 12.1 Å². The maximum Gasteiger partial charge on any atom is 0.419 e. The third-order valence-electron chi connectivity index (χ3n) is 5.51. The van der Waals surface area contributed by atoms with Crippen molar-refractivity contribution >= 4 is 21.7 Å².